The number of tetrazole rings is 1. The zero-order valence-electron chi connectivity index (χ0n) is 18.8. The second-order valence-corrected chi connectivity index (χ2v) is 9.54. The maximum Gasteiger partial charge on any atom is 0.394 e. The lowest BCUT2D eigenvalue weighted by Gasteiger charge is -2.27. The molecule has 0 saturated heterocycles. The summed E-state index contributed by atoms with van der Waals surface area (Å²) in [5.41, 5.74) is -1.93. The first-order valence-electron chi connectivity index (χ1n) is 10.1. The molecule has 5 nitrogen and oxygen atoms in total. The van der Waals surface area contributed by atoms with E-state index in [0.717, 1.165) is 26.0 Å². The molecule has 0 unspecified atom stereocenters. The van der Waals surface area contributed by atoms with E-state index in [2.05, 4.69) is 15.5 Å². The molecule has 0 amide bonds. The second kappa shape index (κ2) is 8.31. The smallest absolute Gasteiger partial charge is 0.294 e. The van der Waals surface area contributed by atoms with Crippen molar-refractivity contribution in [3.63, 3.8) is 0 Å². The Morgan fingerprint density at radius 2 is 1.58 bits per heavy atom. The first kappa shape index (κ1) is 24.5. The van der Waals surface area contributed by atoms with E-state index in [9.17, 15) is 26.7 Å². The minimum absolute atomic E-state index is 0.0279. The van der Waals surface area contributed by atoms with Gasteiger partial charge >= 0.3 is 6.18 Å². The normalized spacial score (nSPS) is 12.8. The molecule has 176 valence electrons. The van der Waals surface area contributed by atoms with Crippen molar-refractivity contribution in [1.82, 2.24) is 20.2 Å². The number of aromatic nitrogens is 4. The number of halogens is 5. The standard InChI is InChI=1S/C23H23F5N4O/c1-21(2,3)20-29-30-31-32(20)16-9-14(13-6-7-17(24)18(25)11-13)8-15(10-16)19(33)12-22(4,5)23(26,27)28/h6-11H,12H2,1-5H3. The number of nitrogens with zero attached hydrogens (tertiary/aromatic N) is 4. The van der Waals surface area contributed by atoms with E-state index in [-0.39, 0.29) is 11.1 Å². The fourth-order valence-electron chi connectivity index (χ4n) is 3.17. The summed E-state index contributed by atoms with van der Waals surface area (Å²) >= 11 is 0. The van der Waals surface area contributed by atoms with Crippen LogP contribution in [0.3, 0.4) is 0 Å². The lowest BCUT2D eigenvalue weighted by atomic mass is 9.84. The molecule has 33 heavy (non-hydrogen) atoms. The summed E-state index contributed by atoms with van der Waals surface area (Å²) in [4.78, 5) is 12.9. The molecule has 0 saturated carbocycles. The maximum absolute atomic E-state index is 13.9. The zero-order chi connectivity index (χ0) is 24.8. The first-order chi connectivity index (χ1) is 15.1. The van der Waals surface area contributed by atoms with Crippen LogP contribution in [0, 0.1) is 17.0 Å². The number of ketones is 1. The van der Waals surface area contributed by atoms with Crippen molar-refractivity contribution in [2.75, 3.05) is 0 Å². The molecule has 0 aliphatic rings. The Morgan fingerprint density at radius 3 is 2.15 bits per heavy atom. The van der Waals surface area contributed by atoms with Crippen LogP contribution in [0.5, 0.6) is 0 Å². The first-order valence-corrected chi connectivity index (χ1v) is 10.1. The molecule has 1 heterocycles. The quantitative estimate of drug-likeness (QED) is 0.338. The molecule has 0 spiro atoms. The van der Waals surface area contributed by atoms with Gasteiger partial charge in [0, 0.05) is 17.4 Å². The van der Waals surface area contributed by atoms with Gasteiger partial charge in [-0.25, -0.2) is 8.78 Å². The SMILES string of the molecule is CC(C)(C)c1nnnn1-c1cc(C(=O)CC(C)(C)C(F)(F)F)cc(-c2ccc(F)c(F)c2)c1. The summed E-state index contributed by atoms with van der Waals surface area (Å²) < 4.78 is 68.8. The average Bonchev–Trinajstić information content (AvgIpc) is 3.19. The molecule has 3 aromatic rings. The molecule has 0 radical (unpaired) electrons. The van der Waals surface area contributed by atoms with Crippen LogP contribution in [0.2, 0.25) is 0 Å². The van der Waals surface area contributed by atoms with E-state index in [1.54, 1.807) is 6.07 Å². The molecule has 0 fully saturated rings. The molecule has 10 heteroatoms. The highest BCUT2D eigenvalue weighted by Crippen LogP contribution is 2.41. The van der Waals surface area contributed by atoms with Gasteiger partial charge in [-0.1, -0.05) is 40.7 Å². The Hall–Kier alpha value is -3.17. The second-order valence-electron chi connectivity index (χ2n) is 9.54. The summed E-state index contributed by atoms with van der Waals surface area (Å²) in [6, 6.07) is 7.51. The van der Waals surface area contributed by atoms with Gasteiger partial charge in [-0.05, 0) is 51.9 Å². The van der Waals surface area contributed by atoms with Crippen LogP contribution in [0.1, 0.15) is 57.2 Å². The van der Waals surface area contributed by atoms with Crippen molar-refractivity contribution in [3.8, 4) is 16.8 Å². The fraction of sp³-hybridized carbons (Fsp3) is 0.391. The molecule has 0 aliphatic heterocycles. The third kappa shape index (κ3) is 5.09. The Labute approximate surface area is 187 Å². The van der Waals surface area contributed by atoms with Crippen molar-refractivity contribution in [1.29, 1.82) is 0 Å². The number of hydrogen-bond donors (Lipinski definition) is 0. The van der Waals surface area contributed by atoms with Crippen LogP contribution in [0.25, 0.3) is 16.8 Å². The minimum Gasteiger partial charge on any atom is -0.294 e. The summed E-state index contributed by atoms with van der Waals surface area (Å²) in [5.74, 6) is -2.46. The number of alkyl halides is 3. The number of benzene rings is 2. The van der Waals surface area contributed by atoms with Gasteiger partial charge in [-0.2, -0.15) is 17.9 Å². The predicted molar refractivity (Wildman–Crippen MR) is 112 cm³/mol. The van der Waals surface area contributed by atoms with Crippen molar-refractivity contribution in [2.45, 2.75) is 52.6 Å². The van der Waals surface area contributed by atoms with E-state index in [1.807, 2.05) is 20.8 Å². The van der Waals surface area contributed by atoms with Crippen molar-refractivity contribution >= 4 is 5.78 Å². The Morgan fingerprint density at radius 1 is 0.909 bits per heavy atom. The highest BCUT2D eigenvalue weighted by molar-refractivity contribution is 5.98. The van der Waals surface area contributed by atoms with Crippen LogP contribution in [-0.2, 0) is 5.41 Å². The number of rotatable bonds is 5. The summed E-state index contributed by atoms with van der Waals surface area (Å²) in [7, 11) is 0. The topological polar surface area (TPSA) is 60.7 Å². The molecule has 1 aromatic heterocycles. The van der Waals surface area contributed by atoms with Crippen LogP contribution in [0.15, 0.2) is 36.4 Å². The van der Waals surface area contributed by atoms with Gasteiger partial charge in [0.1, 0.15) is 0 Å². The number of carbonyl (C=O) groups is 1. The van der Waals surface area contributed by atoms with Gasteiger partial charge < -0.3 is 0 Å². The lowest BCUT2D eigenvalue weighted by Crippen LogP contribution is -2.34. The van der Waals surface area contributed by atoms with Crippen LogP contribution in [0.4, 0.5) is 22.0 Å². The van der Waals surface area contributed by atoms with Gasteiger partial charge in [0.05, 0.1) is 11.1 Å². The van der Waals surface area contributed by atoms with Crippen molar-refractivity contribution in [3.05, 3.63) is 59.4 Å². The molecule has 0 atom stereocenters. The van der Waals surface area contributed by atoms with Crippen LogP contribution >= 0.6 is 0 Å². The third-order valence-corrected chi connectivity index (χ3v) is 5.25. The molecular weight excluding hydrogens is 443 g/mol. The maximum atomic E-state index is 13.9. The molecule has 0 bridgehead atoms. The minimum atomic E-state index is -4.58. The van der Waals surface area contributed by atoms with E-state index >= 15 is 0 Å². The summed E-state index contributed by atoms with van der Waals surface area (Å²) in [6.07, 6.45) is -5.38. The lowest BCUT2D eigenvalue weighted by molar-refractivity contribution is -0.209. The van der Waals surface area contributed by atoms with E-state index in [1.165, 1.54) is 22.9 Å². The van der Waals surface area contributed by atoms with Crippen molar-refractivity contribution < 1.29 is 26.7 Å². The predicted octanol–water partition coefficient (Wildman–Crippen LogP) is 6.07. The summed E-state index contributed by atoms with van der Waals surface area (Å²) in [5, 5.41) is 11.7. The molecular formula is C23H23F5N4O. The van der Waals surface area contributed by atoms with Crippen LogP contribution in [-0.4, -0.2) is 32.2 Å². The van der Waals surface area contributed by atoms with Gasteiger partial charge in [0.2, 0.25) is 0 Å². The Kier molecular flexibility index (Phi) is 6.16. The molecule has 3 rings (SSSR count). The van der Waals surface area contributed by atoms with Crippen molar-refractivity contribution in [2.24, 2.45) is 5.41 Å². The number of carbonyl (C=O) groups excluding carboxylic acids is 1. The molecule has 0 aliphatic carbocycles. The molecule has 2 aromatic carbocycles. The number of Topliss-reactive ketones (excluding diaryl/α,β-unsaturated/α-hetero) is 1. The number of hydrogen-bond acceptors (Lipinski definition) is 4. The zero-order valence-corrected chi connectivity index (χ0v) is 18.8. The van der Waals surface area contributed by atoms with Gasteiger partial charge in [-0.15, -0.1) is 5.10 Å². The van der Waals surface area contributed by atoms with Gasteiger partial charge in [-0.3, -0.25) is 4.79 Å². The highest BCUT2D eigenvalue weighted by Gasteiger charge is 2.48. The van der Waals surface area contributed by atoms with E-state index in [0.29, 0.717) is 17.1 Å². The van der Waals surface area contributed by atoms with Gasteiger partial charge in [0.25, 0.3) is 0 Å². The highest BCUT2D eigenvalue weighted by atomic mass is 19.4. The average molecular weight is 466 g/mol. The Balaban J connectivity index is 2.18. The summed E-state index contributed by atoms with van der Waals surface area (Å²) in [6.45, 7) is 7.50. The third-order valence-electron chi connectivity index (χ3n) is 5.25. The monoisotopic (exact) mass is 466 g/mol. The Bertz CT molecular complexity index is 1190. The largest absolute Gasteiger partial charge is 0.394 e. The molecule has 0 N–H and O–H groups in total. The van der Waals surface area contributed by atoms with E-state index in [4.69, 9.17) is 0 Å². The van der Waals surface area contributed by atoms with Crippen LogP contribution < -0.4 is 0 Å². The van der Waals surface area contributed by atoms with E-state index < -0.39 is 40.8 Å². The van der Waals surface area contributed by atoms with Gasteiger partial charge in [0.15, 0.2) is 23.2 Å². The fourth-order valence-corrected chi connectivity index (χ4v) is 3.17.